The Labute approximate surface area is 90.4 Å². The zero-order valence-electron chi connectivity index (χ0n) is 8.27. The van der Waals surface area contributed by atoms with Crippen molar-refractivity contribution in [1.82, 2.24) is 15.2 Å². The smallest absolute Gasteiger partial charge is 0.271 e. The molecule has 0 aliphatic rings. The SMILES string of the molecule is O=c1cnnc(NCc2ccc(F)cc2)[nH]1. The number of anilines is 1. The Kier molecular flexibility index (Phi) is 2.90. The molecular formula is C10H9FN4O. The van der Waals surface area contributed by atoms with Crippen LogP contribution in [0.5, 0.6) is 0 Å². The molecule has 6 heteroatoms. The third kappa shape index (κ3) is 2.63. The van der Waals surface area contributed by atoms with Crippen LogP contribution in [0.1, 0.15) is 5.56 Å². The molecule has 0 spiro atoms. The predicted octanol–water partition coefficient (Wildman–Crippen LogP) is 0.916. The normalized spacial score (nSPS) is 10.1. The summed E-state index contributed by atoms with van der Waals surface area (Å²) >= 11 is 0. The van der Waals surface area contributed by atoms with Crippen molar-refractivity contribution in [3.63, 3.8) is 0 Å². The average molecular weight is 220 g/mol. The first-order valence-corrected chi connectivity index (χ1v) is 4.64. The number of hydrogen-bond donors (Lipinski definition) is 2. The largest absolute Gasteiger partial charge is 0.350 e. The van der Waals surface area contributed by atoms with E-state index in [-0.39, 0.29) is 17.3 Å². The Morgan fingerprint density at radius 3 is 2.75 bits per heavy atom. The number of halogens is 1. The minimum atomic E-state index is -0.323. The predicted molar refractivity (Wildman–Crippen MR) is 56.4 cm³/mol. The Morgan fingerprint density at radius 1 is 1.31 bits per heavy atom. The quantitative estimate of drug-likeness (QED) is 0.806. The zero-order chi connectivity index (χ0) is 11.4. The molecule has 0 bridgehead atoms. The number of aromatic nitrogens is 3. The number of H-pyrrole nitrogens is 1. The molecule has 1 aromatic heterocycles. The van der Waals surface area contributed by atoms with Crippen LogP contribution in [0.15, 0.2) is 35.3 Å². The van der Waals surface area contributed by atoms with Crippen LogP contribution in [0.4, 0.5) is 10.3 Å². The lowest BCUT2D eigenvalue weighted by atomic mass is 10.2. The van der Waals surface area contributed by atoms with Gasteiger partial charge in [0.15, 0.2) is 0 Å². The molecule has 0 saturated heterocycles. The fourth-order valence-corrected chi connectivity index (χ4v) is 1.18. The van der Waals surface area contributed by atoms with E-state index in [1.54, 1.807) is 12.1 Å². The average Bonchev–Trinajstić information content (AvgIpc) is 2.28. The maximum absolute atomic E-state index is 12.6. The van der Waals surface area contributed by atoms with Crippen LogP contribution >= 0.6 is 0 Å². The van der Waals surface area contributed by atoms with Crippen molar-refractivity contribution in [1.29, 1.82) is 0 Å². The molecule has 2 N–H and O–H groups in total. The molecule has 1 heterocycles. The maximum atomic E-state index is 12.6. The molecule has 1 aromatic carbocycles. The van der Waals surface area contributed by atoms with Crippen LogP contribution < -0.4 is 10.9 Å². The van der Waals surface area contributed by atoms with Crippen LogP contribution in [0, 0.1) is 5.82 Å². The van der Waals surface area contributed by atoms with Crippen molar-refractivity contribution in [2.45, 2.75) is 6.54 Å². The number of nitrogens with zero attached hydrogens (tertiary/aromatic N) is 2. The van der Waals surface area contributed by atoms with E-state index in [0.29, 0.717) is 6.54 Å². The Morgan fingerprint density at radius 2 is 2.06 bits per heavy atom. The molecule has 0 saturated carbocycles. The minimum absolute atomic E-state index is 0.281. The fourth-order valence-electron chi connectivity index (χ4n) is 1.18. The van der Waals surface area contributed by atoms with Gasteiger partial charge in [-0.2, -0.15) is 0 Å². The highest BCUT2D eigenvalue weighted by atomic mass is 19.1. The van der Waals surface area contributed by atoms with Gasteiger partial charge in [-0.05, 0) is 17.7 Å². The standard InChI is InChI=1S/C10H9FN4O/c11-8-3-1-7(2-4-8)5-12-10-14-9(16)6-13-15-10/h1-4,6H,5H2,(H2,12,14,15,16). The first-order valence-electron chi connectivity index (χ1n) is 4.64. The molecule has 16 heavy (non-hydrogen) atoms. The molecule has 5 nitrogen and oxygen atoms in total. The second kappa shape index (κ2) is 4.52. The fraction of sp³-hybridized carbons (Fsp3) is 0.100. The van der Waals surface area contributed by atoms with Crippen molar-refractivity contribution < 1.29 is 4.39 Å². The highest BCUT2D eigenvalue weighted by Crippen LogP contribution is 2.04. The lowest BCUT2D eigenvalue weighted by molar-refractivity contribution is 0.627. The molecule has 0 aliphatic heterocycles. The van der Waals surface area contributed by atoms with Crippen molar-refractivity contribution in [2.75, 3.05) is 5.32 Å². The zero-order valence-corrected chi connectivity index (χ0v) is 8.27. The summed E-state index contributed by atoms with van der Waals surface area (Å²) in [4.78, 5) is 13.4. The molecule has 0 fully saturated rings. The summed E-state index contributed by atoms with van der Waals surface area (Å²) in [5.74, 6) is 0.00786. The molecule has 2 rings (SSSR count). The summed E-state index contributed by atoms with van der Waals surface area (Å²) < 4.78 is 12.6. The van der Waals surface area contributed by atoms with Crippen molar-refractivity contribution in [3.8, 4) is 0 Å². The molecule has 0 unspecified atom stereocenters. The molecule has 2 aromatic rings. The summed E-state index contributed by atoms with van der Waals surface area (Å²) in [5.41, 5.74) is 0.560. The van der Waals surface area contributed by atoms with Gasteiger partial charge in [-0.1, -0.05) is 12.1 Å². The highest BCUT2D eigenvalue weighted by molar-refractivity contribution is 5.25. The van der Waals surface area contributed by atoms with Gasteiger partial charge in [-0.15, -0.1) is 10.2 Å². The highest BCUT2D eigenvalue weighted by Gasteiger charge is 1.96. The van der Waals surface area contributed by atoms with E-state index in [1.807, 2.05) is 0 Å². The number of benzene rings is 1. The summed E-state index contributed by atoms with van der Waals surface area (Å²) in [6.45, 7) is 0.439. The van der Waals surface area contributed by atoms with E-state index in [9.17, 15) is 9.18 Å². The number of nitrogens with one attached hydrogen (secondary N) is 2. The van der Waals surface area contributed by atoms with E-state index in [1.165, 1.54) is 12.1 Å². The molecule has 0 aliphatic carbocycles. The summed E-state index contributed by atoms with van der Waals surface area (Å²) in [7, 11) is 0. The molecule has 0 atom stereocenters. The lowest BCUT2D eigenvalue weighted by Crippen LogP contribution is -2.12. The molecule has 82 valence electrons. The van der Waals surface area contributed by atoms with E-state index in [2.05, 4.69) is 20.5 Å². The van der Waals surface area contributed by atoms with Gasteiger partial charge in [0.05, 0.1) is 0 Å². The third-order valence-electron chi connectivity index (χ3n) is 1.95. The summed E-state index contributed by atoms with van der Waals surface area (Å²) in [5, 5.41) is 10.0. The Hall–Kier alpha value is -2.24. The minimum Gasteiger partial charge on any atom is -0.350 e. The van der Waals surface area contributed by atoms with E-state index < -0.39 is 0 Å². The van der Waals surface area contributed by atoms with Crippen molar-refractivity contribution in [2.24, 2.45) is 0 Å². The van der Waals surface area contributed by atoms with E-state index >= 15 is 0 Å². The van der Waals surface area contributed by atoms with E-state index in [0.717, 1.165) is 11.8 Å². The van der Waals surface area contributed by atoms with Crippen LogP contribution in [-0.2, 0) is 6.54 Å². The number of hydrogen-bond acceptors (Lipinski definition) is 4. The molecule has 0 radical (unpaired) electrons. The van der Waals surface area contributed by atoms with Crippen LogP contribution in [0.3, 0.4) is 0 Å². The number of aromatic amines is 1. The third-order valence-corrected chi connectivity index (χ3v) is 1.95. The van der Waals surface area contributed by atoms with Gasteiger partial charge in [-0.3, -0.25) is 9.78 Å². The second-order valence-corrected chi connectivity index (χ2v) is 3.16. The van der Waals surface area contributed by atoms with Crippen LogP contribution in [0.25, 0.3) is 0 Å². The van der Waals surface area contributed by atoms with E-state index in [4.69, 9.17) is 0 Å². The van der Waals surface area contributed by atoms with Gasteiger partial charge in [0, 0.05) is 6.54 Å². The van der Waals surface area contributed by atoms with Gasteiger partial charge in [0.1, 0.15) is 12.0 Å². The first-order chi connectivity index (χ1) is 7.74. The van der Waals surface area contributed by atoms with Gasteiger partial charge >= 0.3 is 0 Å². The Bertz CT molecular complexity index is 523. The van der Waals surface area contributed by atoms with Crippen LogP contribution in [0.2, 0.25) is 0 Å². The summed E-state index contributed by atoms with van der Waals surface area (Å²) in [6, 6.07) is 6.04. The van der Waals surface area contributed by atoms with Crippen molar-refractivity contribution in [3.05, 3.63) is 52.2 Å². The Balaban J connectivity index is 2.02. The molecular weight excluding hydrogens is 211 g/mol. The van der Waals surface area contributed by atoms with Gasteiger partial charge in [-0.25, -0.2) is 4.39 Å². The van der Waals surface area contributed by atoms with Crippen molar-refractivity contribution >= 4 is 5.95 Å². The monoisotopic (exact) mass is 220 g/mol. The van der Waals surface area contributed by atoms with Crippen LogP contribution in [-0.4, -0.2) is 15.2 Å². The lowest BCUT2D eigenvalue weighted by Gasteiger charge is -2.03. The van der Waals surface area contributed by atoms with Gasteiger partial charge < -0.3 is 5.32 Å². The summed E-state index contributed by atoms with van der Waals surface area (Å²) in [6.07, 6.45) is 1.09. The topological polar surface area (TPSA) is 70.7 Å². The first kappa shape index (κ1) is 10.3. The molecule has 0 amide bonds. The number of rotatable bonds is 3. The maximum Gasteiger partial charge on any atom is 0.271 e. The van der Waals surface area contributed by atoms with Gasteiger partial charge in [0.25, 0.3) is 5.56 Å². The van der Waals surface area contributed by atoms with Gasteiger partial charge in [0.2, 0.25) is 5.95 Å². The second-order valence-electron chi connectivity index (χ2n) is 3.16.